The Morgan fingerprint density at radius 2 is 2.00 bits per heavy atom. The molecular weight excluding hydrogens is 322 g/mol. The Morgan fingerprint density at radius 3 is 2.72 bits per heavy atom. The first-order valence-corrected chi connectivity index (χ1v) is 8.57. The second-order valence-corrected chi connectivity index (χ2v) is 7.04. The zero-order valence-electron chi connectivity index (χ0n) is 14.1. The number of nitrogens with one attached hydrogen (secondary N) is 1. The van der Waals surface area contributed by atoms with E-state index in [1.807, 2.05) is 31.3 Å². The average Bonchev–Trinajstić information content (AvgIpc) is 3.15. The van der Waals surface area contributed by atoms with Gasteiger partial charge in [-0.3, -0.25) is 10.1 Å². The lowest BCUT2D eigenvalue weighted by Crippen LogP contribution is -2.47. The molecule has 2 aliphatic heterocycles. The van der Waals surface area contributed by atoms with Crippen LogP contribution in [0.15, 0.2) is 42.5 Å². The molecule has 3 nitrogen and oxygen atoms in total. The van der Waals surface area contributed by atoms with Crippen LogP contribution >= 0.6 is 0 Å². The van der Waals surface area contributed by atoms with Crippen molar-refractivity contribution in [1.29, 1.82) is 0 Å². The van der Waals surface area contributed by atoms with Gasteiger partial charge in [0.15, 0.2) is 0 Å². The van der Waals surface area contributed by atoms with Crippen LogP contribution in [0, 0.1) is 11.6 Å². The maximum absolute atomic E-state index is 14.1. The quantitative estimate of drug-likeness (QED) is 0.903. The van der Waals surface area contributed by atoms with E-state index in [1.54, 1.807) is 4.90 Å². The summed E-state index contributed by atoms with van der Waals surface area (Å²) in [6, 6.07) is 11.3. The minimum Gasteiger partial charge on any atom is -0.344 e. The summed E-state index contributed by atoms with van der Waals surface area (Å²) in [5.41, 5.74) is 1.68. The van der Waals surface area contributed by atoms with Crippen LogP contribution in [0.1, 0.15) is 30.9 Å². The molecule has 1 N–H and O–H groups in total. The maximum Gasteiger partial charge on any atom is 0.242 e. The average molecular weight is 342 g/mol. The molecular formula is C20H20F2N2O. The summed E-state index contributed by atoms with van der Waals surface area (Å²) in [5, 5.41) is 3.52. The normalized spacial score (nSPS) is 26.0. The highest BCUT2D eigenvalue weighted by atomic mass is 19.1. The number of likely N-dealkylation sites (tertiary alicyclic amines) is 1. The summed E-state index contributed by atoms with van der Waals surface area (Å²) in [6.45, 7) is 0.777. The molecule has 5 heteroatoms. The number of benzene rings is 2. The van der Waals surface area contributed by atoms with E-state index in [2.05, 4.69) is 5.32 Å². The van der Waals surface area contributed by atoms with Crippen LogP contribution in [0.5, 0.6) is 0 Å². The van der Waals surface area contributed by atoms with Crippen LogP contribution in [0.4, 0.5) is 8.78 Å². The Balaban J connectivity index is 1.62. The molecule has 2 heterocycles. The van der Waals surface area contributed by atoms with Gasteiger partial charge in [0.1, 0.15) is 17.2 Å². The number of nitrogens with zero attached hydrogens (tertiary/aromatic N) is 1. The van der Waals surface area contributed by atoms with Gasteiger partial charge in [0, 0.05) is 31.3 Å². The van der Waals surface area contributed by atoms with Crippen LogP contribution in [0.3, 0.4) is 0 Å². The zero-order chi connectivity index (χ0) is 17.6. The van der Waals surface area contributed by atoms with Gasteiger partial charge >= 0.3 is 0 Å². The van der Waals surface area contributed by atoms with Crippen LogP contribution in [0.25, 0.3) is 11.1 Å². The summed E-state index contributed by atoms with van der Waals surface area (Å²) in [4.78, 5) is 14.2. The topological polar surface area (TPSA) is 32.3 Å². The number of hydrogen-bond acceptors (Lipinski definition) is 2. The first-order valence-electron chi connectivity index (χ1n) is 8.57. The second-order valence-electron chi connectivity index (χ2n) is 7.04. The number of carbonyl (C=O) groups is 1. The van der Waals surface area contributed by atoms with E-state index in [-0.39, 0.29) is 11.9 Å². The number of halogens is 2. The molecule has 1 amide bonds. The molecule has 0 aliphatic carbocycles. The summed E-state index contributed by atoms with van der Waals surface area (Å²) in [7, 11) is 1.84. The highest BCUT2D eigenvalue weighted by Gasteiger charge is 2.49. The molecule has 2 saturated heterocycles. The molecule has 2 atom stereocenters. The van der Waals surface area contributed by atoms with E-state index < -0.39 is 17.2 Å². The molecule has 2 aromatic carbocycles. The molecule has 4 rings (SSSR count). The van der Waals surface area contributed by atoms with Gasteiger partial charge in [0.2, 0.25) is 5.91 Å². The van der Waals surface area contributed by atoms with E-state index in [1.165, 1.54) is 12.1 Å². The second kappa shape index (κ2) is 5.92. The fourth-order valence-corrected chi connectivity index (χ4v) is 4.06. The van der Waals surface area contributed by atoms with Crippen molar-refractivity contribution in [1.82, 2.24) is 10.2 Å². The van der Waals surface area contributed by atoms with Gasteiger partial charge in [-0.05, 0) is 48.6 Å². The molecule has 0 saturated carbocycles. The highest BCUT2D eigenvalue weighted by molar-refractivity contribution is 5.88. The predicted octanol–water partition coefficient (Wildman–Crippen LogP) is 3.66. The van der Waals surface area contributed by atoms with Crippen molar-refractivity contribution in [2.75, 3.05) is 13.6 Å². The lowest BCUT2D eigenvalue weighted by molar-refractivity contribution is -0.131. The Kier molecular flexibility index (Phi) is 3.84. The SMILES string of the molecule is CN1CC[C@@]2(CC[C@@H](c3cccc(-c4ccc(F)cc4F)c3)N2)C1=O. The van der Waals surface area contributed by atoms with Crippen molar-refractivity contribution >= 4 is 5.91 Å². The van der Waals surface area contributed by atoms with Crippen molar-refractivity contribution in [2.45, 2.75) is 30.8 Å². The minimum absolute atomic E-state index is 0.0684. The van der Waals surface area contributed by atoms with E-state index in [0.717, 1.165) is 37.4 Å². The third-order valence-corrected chi connectivity index (χ3v) is 5.47. The van der Waals surface area contributed by atoms with Crippen molar-refractivity contribution in [3.05, 3.63) is 59.7 Å². The van der Waals surface area contributed by atoms with E-state index >= 15 is 0 Å². The van der Waals surface area contributed by atoms with Gasteiger partial charge in [0.25, 0.3) is 0 Å². The van der Waals surface area contributed by atoms with Gasteiger partial charge in [-0.1, -0.05) is 18.2 Å². The molecule has 25 heavy (non-hydrogen) atoms. The number of hydrogen-bond donors (Lipinski definition) is 1. The molecule has 2 fully saturated rings. The van der Waals surface area contributed by atoms with Crippen molar-refractivity contribution in [3.8, 4) is 11.1 Å². The molecule has 0 bridgehead atoms. The highest BCUT2D eigenvalue weighted by Crippen LogP contribution is 2.39. The molecule has 2 aromatic rings. The van der Waals surface area contributed by atoms with Crippen LogP contribution in [-0.4, -0.2) is 29.9 Å². The van der Waals surface area contributed by atoms with Gasteiger partial charge in [0.05, 0.1) is 0 Å². The molecule has 0 aromatic heterocycles. The summed E-state index contributed by atoms with van der Waals surface area (Å²) in [5.74, 6) is -0.989. The molecule has 1 spiro atoms. The third-order valence-electron chi connectivity index (χ3n) is 5.47. The number of carbonyl (C=O) groups excluding carboxylic acids is 1. The van der Waals surface area contributed by atoms with Gasteiger partial charge in [-0.15, -0.1) is 0 Å². The van der Waals surface area contributed by atoms with Crippen LogP contribution < -0.4 is 5.32 Å². The lowest BCUT2D eigenvalue weighted by atomic mass is 9.95. The number of amides is 1. The standard InChI is InChI=1S/C20H20F2N2O/c1-24-10-9-20(19(24)25)8-7-18(23-20)14-4-2-3-13(11-14)16-6-5-15(21)12-17(16)22/h2-6,11-12,18,23H,7-10H2,1H3/t18-,20-/m0/s1. The first-order chi connectivity index (χ1) is 12.0. The van der Waals surface area contributed by atoms with Gasteiger partial charge in [-0.25, -0.2) is 8.78 Å². The molecule has 130 valence electrons. The lowest BCUT2D eigenvalue weighted by Gasteiger charge is -2.23. The van der Waals surface area contributed by atoms with E-state index in [4.69, 9.17) is 0 Å². The number of likely N-dealkylation sites (N-methyl/N-ethyl adjacent to an activating group) is 1. The fourth-order valence-electron chi connectivity index (χ4n) is 4.06. The van der Waals surface area contributed by atoms with Crippen molar-refractivity contribution < 1.29 is 13.6 Å². The van der Waals surface area contributed by atoms with E-state index in [0.29, 0.717) is 11.1 Å². The largest absolute Gasteiger partial charge is 0.344 e. The first kappa shape index (κ1) is 16.2. The Morgan fingerprint density at radius 1 is 1.16 bits per heavy atom. The van der Waals surface area contributed by atoms with Crippen molar-refractivity contribution in [3.63, 3.8) is 0 Å². The van der Waals surface area contributed by atoms with Gasteiger partial charge in [-0.2, -0.15) is 0 Å². The molecule has 0 radical (unpaired) electrons. The monoisotopic (exact) mass is 342 g/mol. The zero-order valence-corrected chi connectivity index (χ0v) is 14.1. The van der Waals surface area contributed by atoms with Crippen molar-refractivity contribution in [2.24, 2.45) is 0 Å². The minimum atomic E-state index is -0.583. The third kappa shape index (κ3) is 2.72. The Bertz CT molecular complexity index is 838. The van der Waals surface area contributed by atoms with Gasteiger partial charge < -0.3 is 4.90 Å². The predicted molar refractivity (Wildman–Crippen MR) is 91.9 cm³/mol. The maximum atomic E-state index is 14.1. The fraction of sp³-hybridized carbons (Fsp3) is 0.350. The Hall–Kier alpha value is -2.27. The summed E-state index contributed by atoms with van der Waals surface area (Å²) < 4.78 is 27.2. The summed E-state index contributed by atoms with van der Waals surface area (Å²) >= 11 is 0. The number of rotatable bonds is 2. The molecule has 0 unspecified atom stereocenters. The van der Waals surface area contributed by atoms with Crippen LogP contribution in [0.2, 0.25) is 0 Å². The smallest absolute Gasteiger partial charge is 0.242 e. The van der Waals surface area contributed by atoms with E-state index in [9.17, 15) is 13.6 Å². The Labute approximate surface area is 145 Å². The summed E-state index contributed by atoms with van der Waals surface area (Å²) in [6.07, 6.45) is 2.51. The molecule has 2 aliphatic rings. The van der Waals surface area contributed by atoms with Crippen LogP contribution in [-0.2, 0) is 4.79 Å².